The number of benzene rings is 1. The number of nitrogens with one attached hydrogen (secondary N) is 1. The Kier molecular flexibility index (Phi) is 4.83. The molecule has 114 valence electrons. The number of fused-ring (bicyclic) bond motifs is 1. The first-order valence-corrected chi connectivity index (χ1v) is 8.09. The minimum atomic E-state index is -3.46. The Morgan fingerprint density at radius 1 is 1.33 bits per heavy atom. The second-order valence-electron chi connectivity index (χ2n) is 5.07. The van der Waals surface area contributed by atoms with Gasteiger partial charge in [0.25, 0.3) is 0 Å². The third kappa shape index (κ3) is 3.03. The van der Waals surface area contributed by atoms with Gasteiger partial charge in [-0.15, -0.1) is 12.4 Å². The average Bonchev–Trinajstić information content (AvgIpc) is 2.46. The van der Waals surface area contributed by atoms with Crippen molar-refractivity contribution in [1.29, 1.82) is 0 Å². The largest absolute Gasteiger partial charge is 0.312 e. The van der Waals surface area contributed by atoms with Gasteiger partial charge in [-0.3, -0.25) is 4.98 Å². The molecule has 2 aromatic rings. The Labute approximate surface area is 130 Å². The SMILES string of the molecule is C[C@H]1CN(S(=O)(=O)c2cccc3cnccc23)CCN1.Cl. The number of halogens is 1. The van der Waals surface area contributed by atoms with Crippen LogP contribution in [0.3, 0.4) is 0 Å². The van der Waals surface area contributed by atoms with Crippen LogP contribution in [0.2, 0.25) is 0 Å². The van der Waals surface area contributed by atoms with E-state index in [-0.39, 0.29) is 18.4 Å². The Balaban J connectivity index is 0.00000161. The highest BCUT2D eigenvalue weighted by Gasteiger charge is 2.29. The van der Waals surface area contributed by atoms with Crippen LogP contribution in [0.4, 0.5) is 0 Å². The quantitative estimate of drug-likeness (QED) is 0.911. The zero-order valence-corrected chi connectivity index (χ0v) is 13.3. The second kappa shape index (κ2) is 6.27. The first-order valence-electron chi connectivity index (χ1n) is 6.65. The molecule has 0 aliphatic carbocycles. The lowest BCUT2D eigenvalue weighted by atomic mass is 10.2. The lowest BCUT2D eigenvalue weighted by Gasteiger charge is -2.31. The predicted molar refractivity (Wildman–Crippen MR) is 85.2 cm³/mol. The van der Waals surface area contributed by atoms with Crippen LogP contribution in [-0.4, -0.2) is 43.4 Å². The van der Waals surface area contributed by atoms with Gasteiger partial charge in [0.15, 0.2) is 0 Å². The predicted octanol–water partition coefficient (Wildman–Crippen LogP) is 1.64. The summed E-state index contributed by atoms with van der Waals surface area (Å²) in [5.74, 6) is 0. The molecule has 5 nitrogen and oxygen atoms in total. The van der Waals surface area contributed by atoms with Crippen molar-refractivity contribution in [3.05, 3.63) is 36.7 Å². The maximum atomic E-state index is 12.8. The van der Waals surface area contributed by atoms with Gasteiger partial charge < -0.3 is 5.32 Å². The van der Waals surface area contributed by atoms with E-state index in [4.69, 9.17) is 0 Å². The van der Waals surface area contributed by atoms with Gasteiger partial charge in [-0.25, -0.2) is 8.42 Å². The molecule has 0 saturated carbocycles. The summed E-state index contributed by atoms with van der Waals surface area (Å²) in [5.41, 5.74) is 0. The van der Waals surface area contributed by atoms with Crippen molar-refractivity contribution in [2.24, 2.45) is 0 Å². The van der Waals surface area contributed by atoms with Crippen molar-refractivity contribution >= 4 is 33.2 Å². The van der Waals surface area contributed by atoms with Crippen LogP contribution in [0.5, 0.6) is 0 Å². The number of rotatable bonds is 2. The summed E-state index contributed by atoms with van der Waals surface area (Å²) in [7, 11) is -3.46. The molecule has 1 aliphatic rings. The molecule has 1 atom stereocenters. The van der Waals surface area contributed by atoms with E-state index in [1.165, 1.54) is 0 Å². The smallest absolute Gasteiger partial charge is 0.243 e. The Morgan fingerprint density at radius 3 is 2.90 bits per heavy atom. The van der Waals surface area contributed by atoms with Crippen LogP contribution in [0.15, 0.2) is 41.6 Å². The molecule has 0 radical (unpaired) electrons. The minimum Gasteiger partial charge on any atom is -0.312 e. The number of nitrogens with zero attached hydrogens (tertiary/aromatic N) is 2. The molecule has 1 aromatic carbocycles. The van der Waals surface area contributed by atoms with E-state index < -0.39 is 10.0 Å². The number of hydrogen-bond acceptors (Lipinski definition) is 4. The molecular weight excluding hydrogens is 310 g/mol. The third-order valence-electron chi connectivity index (χ3n) is 3.59. The van der Waals surface area contributed by atoms with Crippen molar-refractivity contribution in [2.75, 3.05) is 19.6 Å². The van der Waals surface area contributed by atoms with Crippen molar-refractivity contribution in [3.63, 3.8) is 0 Å². The summed E-state index contributed by atoms with van der Waals surface area (Å²) in [6.45, 7) is 3.69. The van der Waals surface area contributed by atoms with Crippen molar-refractivity contribution < 1.29 is 8.42 Å². The monoisotopic (exact) mass is 327 g/mol. The topological polar surface area (TPSA) is 62.3 Å². The number of aromatic nitrogens is 1. The molecule has 1 fully saturated rings. The van der Waals surface area contributed by atoms with Gasteiger partial charge in [0.05, 0.1) is 4.90 Å². The number of pyridine rings is 1. The van der Waals surface area contributed by atoms with Crippen LogP contribution in [0.25, 0.3) is 10.8 Å². The molecule has 0 unspecified atom stereocenters. The van der Waals surface area contributed by atoms with Gasteiger partial charge in [0.2, 0.25) is 10.0 Å². The van der Waals surface area contributed by atoms with E-state index in [1.807, 2.05) is 13.0 Å². The third-order valence-corrected chi connectivity index (χ3v) is 5.51. The van der Waals surface area contributed by atoms with Gasteiger partial charge >= 0.3 is 0 Å². The van der Waals surface area contributed by atoms with Crippen LogP contribution in [-0.2, 0) is 10.0 Å². The highest BCUT2D eigenvalue weighted by molar-refractivity contribution is 7.89. The van der Waals surface area contributed by atoms with Gasteiger partial charge in [-0.1, -0.05) is 12.1 Å². The highest BCUT2D eigenvalue weighted by atomic mass is 35.5. The summed E-state index contributed by atoms with van der Waals surface area (Å²) >= 11 is 0. The summed E-state index contributed by atoms with van der Waals surface area (Å²) < 4.78 is 27.2. The summed E-state index contributed by atoms with van der Waals surface area (Å²) in [6.07, 6.45) is 3.32. The maximum Gasteiger partial charge on any atom is 0.243 e. The van der Waals surface area contributed by atoms with Gasteiger partial charge in [-0.05, 0) is 19.1 Å². The molecule has 1 aliphatic heterocycles. The maximum absolute atomic E-state index is 12.8. The molecule has 7 heteroatoms. The molecule has 0 bridgehead atoms. The fourth-order valence-electron chi connectivity index (χ4n) is 2.57. The van der Waals surface area contributed by atoms with E-state index >= 15 is 0 Å². The first kappa shape index (κ1) is 16.2. The Bertz CT molecular complexity index is 731. The molecule has 1 N–H and O–H groups in total. The lowest BCUT2D eigenvalue weighted by Crippen LogP contribution is -2.51. The summed E-state index contributed by atoms with van der Waals surface area (Å²) in [6, 6.07) is 7.25. The van der Waals surface area contributed by atoms with Crippen molar-refractivity contribution in [3.8, 4) is 0 Å². The van der Waals surface area contributed by atoms with E-state index in [0.29, 0.717) is 24.5 Å². The zero-order chi connectivity index (χ0) is 14.2. The molecule has 2 heterocycles. The van der Waals surface area contributed by atoms with Crippen molar-refractivity contribution in [1.82, 2.24) is 14.6 Å². The molecule has 21 heavy (non-hydrogen) atoms. The standard InChI is InChI=1S/C14H17N3O2S.ClH/c1-11-10-17(8-7-16-11)20(18,19)14-4-2-3-12-9-15-6-5-13(12)14;/h2-6,9,11,16H,7-8,10H2,1H3;1H/t11-;/m0./s1. The van der Waals surface area contributed by atoms with Gasteiger partial charge in [0, 0.05) is 48.8 Å². The van der Waals surface area contributed by atoms with Crippen LogP contribution in [0.1, 0.15) is 6.92 Å². The summed E-state index contributed by atoms with van der Waals surface area (Å²) in [5, 5.41) is 4.83. The van der Waals surface area contributed by atoms with Crippen LogP contribution in [0, 0.1) is 0 Å². The molecule has 1 saturated heterocycles. The number of hydrogen-bond donors (Lipinski definition) is 1. The normalized spacial score (nSPS) is 20.1. The van der Waals surface area contributed by atoms with Gasteiger partial charge in [0.1, 0.15) is 0 Å². The minimum absolute atomic E-state index is 0. The Hall–Kier alpha value is -1.21. The fourth-order valence-corrected chi connectivity index (χ4v) is 4.32. The zero-order valence-electron chi connectivity index (χ0n) is 11.7. The van der Waals surface area contributed by atoms with Crippen molar-refractivity contribution in [2.45, 2.75) is 17.9 Å². The van der Waals surface area contributed by atoms with Crippen LogP contribution >= 0.6 is 12.4 Å². The highest BCUT2D eigenvalue weighted by Crippen LogP contribution is 2.25. The van der Waals surface area contributed by atoms with E-state index in [2.05, 4.69) is 10.3 Å². The van der Waals surface area contributed by atoms with E-state index in [1.54, 1.807) is 34.9 Å². The molecule has 3 rings (SSSR count). The van der Waals surface area contributed by atoms with Crippen LogP contribution < -0.4 is 5.32 Å². The summed E-state index contributed by atoms with van der Waals surface area (Å²) in [4.78, 5) is 4.41. The molecule has 1 aromatic heterocycles. The van der Waals surface area contributed by atoms with Gasteiger partial charge in [-0.2, -0.15) is 4.31 Å². The lowest BCUT2D eigenvalue weighted by molar-refractivity contribution is 0.310. The molecule has 0 spiro atoms. The molecular formula is C14H18ClN3O2S. The number of piperazine rings is 1. The Morgan fingerprint density at radius 2 is 2.14 bits per heavy atom. The molecule has 0 amide bonds. The average molecular weight is 328 g/mol. The second-order valence-corrected chi connectivity index (χ2v) is 6.98. The first-order chi connectivity index (χ1) is 9.59. The number of sulfonamides is 1. The van der Waals surface area contributed by atoms with E-state index in [9.17, 15) is 8.42 Å². The van der Waals surface area contributed by atoms with E-state index in [0.717, 1.165) is 10.8 Å². The fraction of sp³-hybridized carbons (Fsp3) is 0.357.